The first-order valence-electron chi connectivity index (χ1n) is 7.60. The minimum Gasteiger partial charge on any atom is -0.478 e. The number of carbonyl (C=O) groups excluding carboxylic acids is 2. The Kier molecular flexibility index (Phi) is 4.71. The van der Waals surface area contributed by atoms with Gasteiger partial charge >= 0.3 is 0 Å². The molecule has 3 rings (SSSR count). The fourth-order valence-electron chi connectivity index (χ4n) is 2.44. The van der Waals surface area contributed by atoms with Gasteiger partial charge in [-0.05, 0) is 42.3 Å². The van der Waals surface area contributed by atoms with Crippen LogP contribution in [0.5, 0.6) is 5.75 Å². The Labute approximate surface area is 145 Å². The number of amides is 2. The van der Waals surface area contributed by atoms with Gasteiger partial charge in [-0.2, -0.15) is 0 Å². The van der Waals surface area contributed by atoms with Crippen LogP contribution in [-0.2, 0) is 16.1 Å². The molecule has 1 unspecified atom stereocenters. The molecule has 1 heterocycles. The molecule has 1 atom stereocenters. The van der Waals surface area contributed by atoms with E-state index in [1.54, 1.807) is 18.2 Å². The molecule has 24 heavy (non-hydrogen) atoms. The second-order valence-electron chi connectivity index (χ2n) is 5.70. The molecule has 0 aliphatic carbocycles. The summed E-state index contributed by atoms with van der Waals surface area (Å²) >= 11 is 5.82. The van der Waals surface area contributed by atoms with E-state index < -0.39 is 6.10 Å². The number of hydrogen-bond donors (Lipinski definition) is 2. The monoisotopic (exact) mass is 344 g/mol. The highest BCUT2D eigenvalue weighted by Gasteiger charge is 2.29. The predicted octanol–water partition coefficient (Wildman–Crippen LogP) is 3.05. The lowest BCUT2D eigenvalue weighted by Crippen LogP contribution is -2.40. The number of ether oxygens (including phenoxy) is 1. The van der Waals surface area contributed by atoms with Crippen molar-refractivity contribution in [3.63, 3.8) is 0 Å². The zero-order valence-corrected chi connectivity index (χ0v) is 13.9. The smallest absolute Gasteiger partial charge is 0.266 e. The number of benzene rings is 2. The van der Waals surface area contributed by atoms with E-state index in [2.05, 4.69) is 10.6 Å². The third-order valence-electron chi connectivity index (χ3n) is 3.73. The molecular weight excluding hydrogens is 328 g/mol. The molecule has 0 fully saturated rings. The van der Waals surface area contributed by atoms with Crippen LogP contribution in [0.2, 0.25) is 5.02 Å². The first-order valence-corrected chi connectivity index (χ1v) is 7.98. The van der Waals surface area contributed by atoms with Crippen LogP contribution < -0.4 is 15.4 Å². The average Bonchev–Trinajstić information content (AvgIpc) is 2.55. The van der Waals surface area contributed by atoms with Crippen LogP contribution in [-0.4, -0.2) is 17.9 Å². The quantitative estimate of drug-likeness (QED) is 0.895. The third-order valence-corrected chi connectivity index (χ3v) is 3.98. The largest absolute Gasteiger partial charge is 0.478 e. The number of rotatable bonds is 4. The number of hydrogen-bond acceptors (Lipinski definition) is 3. The summed E-state index contributed by atoms with van der Waals surface area (Å²) < 4.78 is 5.65. The highest BCUT2D eigenvalue weighted by Crippen LogP contribution is 2.30. The number of nitrogens with one attached hydrogen (secondary N) is 2. The number of aryl methyl sites for hydroxylation is 1. The second-order valence-corrected chi connectivity index (χ2v) is 6.14. The van der Waals surface area contributed by atoms with Crippen LogP contribution in [0.1, 0.15) is 17.5 Å². The first-order chi connectivity index (χ1) is 11.5. The van der Waals surface area contributed by atoms with Gasteiger partial charge in [-0.25, -0.2) is 0 Å². The molecule has 6 heteroatoms. The van der Waals surface area contributed by atoms with Crippen molar-refractivity contribution >= 4 is 29.1 Å². The van der Waals surface area contributed by atoms with E-state index in [-0.39, 0.29) is 18.2 Å². The van der Waals surface area contributed by atoms with Crippen molar-refractivity contribution in [3.05, 3.63) is 58.6 Å². The summed E-state index contributed by atoms with van der Waals surface area (Å²) in [6, 6.07) is 12.7. The van der Waals surface area contributed by atoms with E-state index in [9.17, 15) is 9.59 Å². The normalized spacial score (nSPS) is 15.9. The van der Waals surface area contributed by atoms with Gasteiger partial charge in [0, 0.05) is 11.6 Å². The summed E-state index contributed by atoms with van der Waals surface area (Å²) in [5.41, 5.74) is 2.59. The Bertz CT molecular complexity index is 774. The summed E-state index contributed by atoms with van der Waals surface area (Å²) in [6.45, 7) is 2.31. The van der Waals surface area contributed by atoms with Gasteiger partial charge in [-0.3, -0.25) is 9.59 Å². The van der Waals surface area contributed by atoms with Gasteiger partial charge in [0.1, 0.15) is 5.75 Å². The Morgan fingerprint density at radius 3 is 2.75 bits per heavy atom. The number of anilines is 1. The molecule has 1 aliphatic rings. The lowest BCUT2D eigenvalue weighted by molar-refractivity contribution is -0.130. The highest BCUT2D eigenvalue weighted by atomic mass is 35.5. The van der Waals surface area contributed by atoms with E-state index in [1.807, 2.05) is 31.2 Å². The Morgan fingerprint density at radius 1 is 1.25 bits per heavy atom. The zero-order valence-electron chi connectivity index (χ0n) is 13.1. The molecule has 5 nitrogen and oxygen atoms in total. The Morgan fingerprint density at radius 2 is 2.00 bits per heavy atom. The number of halogens is 1. The lowest BCUT2D eigenvalue weighted by Gasteiger charge is -2.25. The van der Waals surface area contributed by atoms with Crippen molar-refractivity contribution in [1.29, 1.82) is 0 Å². The van der Waals surface area contributed by atoms with E-state index >= 15 is 0 Å². The summed E-state index contributed by atoms with van der Waals surface area (Å²) in [5, 5.41) is 6.20. The molecule has 0 radical (unpaired) electrons. The summed E-state index contributed by atoms with van der Waals surface area (Å²) in [5.74, 6) is 0.0195. The molecule has 124 valence electrons. The maximum atomic E-state index is 12.1. The number of fused-ring (bicyclic) bond motifs is 1. The minimum atomic E-state index is -0.828. The van der Waals surface area contributed by atoms with Crippen LogP contribution in [0.15, 0.2) is 42.5 Å². The van der Waals surface area contributed by atoms with Crippen molar-refractivity contribution in [1.82, 2.24) is 5.32 Å². The third kappa shape index (κ3) is 3.86. The average molecular weight is 345 g/mol. The molecule has 1 aliphatic heterocycles. The standard InChI is InChI=1S/C18H17ClN2O3/c1-11-2-7-15-14(8-11)21-18(23)16(24-15)9-17(22)20-10-12-3-5-13(19)6-4-12/h2-8,16H,9-10H2,1H3,(H,20,22)(H,21,23). The maximum Gasteiger partial charge on any atom is 0.266 e. The van der Waals surface area contributed by atoms with E-state index in [0.717, 1.165) is 11.1 Å². The molecule has 2 aromatic rings. The molecule has 0 saturated heterocycles. The second kappa shape index (κ2) is 6.93. The molecule has 0 saturated carbocycles. The molecule has 2 N–H and O–H groups in total. The fourth-order valence-corrected chi connectivity index (χ4v) is 2.57. The van der Waals surface area contributed by atoms with Gasteiger partial charge < -0.3 is 15.4 Å². The van der Waals surface area contributed by atoms with Crippen LogP contribution in [0.3, 0.4) is 0 Å². The Balaban J connectivity index is 1.57. The molecule has 0 bridgehead atoms. The van der Waals surface area contributed by atoms with Crippen LogP contribution in [0, 0.1) is 6.92 Å². The lowest BCUT2D eigenvalue weighted by atomic mass is 10.1. The van der Waals surface area contributed by atoms with E-state index in [0.29, 0.717) is 23.0 Å². The molecule has 2 aromatic carbocycles. The van der Waals surface area contributed by atoms with Crippen LogP contribution >= 0.6 is 11.6 Å². The van der Waals surface area contributed by atoms with Gasteiger partial charge in [0.25, 0.3) is 5.91 Å². The maximum absolute atomic E-state index is 12.1. The van der Waals surface area contributed by atoms with Crippen molar-refractivity contribution in [2.75, 3.05) is 5.32 Å². The summed E-state index contributed by atoms with van der Waals surface area (Å²) in [6.07, 6.45) is -0.863. The number of carbonyl (C=O) groups is 2. The van der Waals surface area contributed by atoms with Crippen molar-refractivity contribution < 1.29 is 14.3 Å². The predicted molar refractivity (Wildman–Crippen MR) is 92.1 cm³/mol. The van der Waals surface area contributed by atoms with Crippen LogP contribution in [0.4, 0.5) is 5.69 Å². The van der Waals surface area contributed by atoms with Crippen molar-refractivity contribution in [3.8, 4) is 5.75 Å². The molecule has 2 amide bonds. The van der Waals surface area contributed by atoms with Gasteiger partial charge in [-0.1, -0.05) is 29.8 Å². The summed E-state index contributed by atoms with van der Waals surface area (Å²) in [7, 11) is 0. The van der Waals surface area contributed by atoms with Gasteiger partial charge in [0.15, 0.2) is 6.10 Å². The van der Waals surface area contributed by atoms with Gasteiger partial charge in [0.05, 0.1) is 12.1 Å². The van der Waals surface area contributed by atoms with E-state index in [1.165, 1.54) is 0 Å². The SMILES string of the molecule is Cc1ccc2c(c1)NC(=O)C(CC(=O)NCc1ccc(Cl)cc1)O2. The highest BCUT2D eigenvalue weighted by molar-refractivity contribution is 6.30. The zero-order chi connectivity index (χ0) is 17.1. The van der Waals surface area contributed by atoms with E-state index in [4.69, 9.17) is 16.3 Å². The Hall–Kier alpha value is -2.53. The van der Waals surface area contributed by atoms with Gasteiger partial charge in [-0.15, -0.1) is 0 Å². The fraction of sp³-hybridized carbons (Fsp3) is 0.222. The van der Waals surface area contributed by atoms with Gasteiger partial charge in [0.2, 0.25) is 5.91 Å². The van der Waals surface area contributed by atoms with Crippen molar-refractivity contribution in [2.45, 2.75) is 26.0 Å². The first kappa shape index (κ1) is 16.3. The topological polar surface area (TPSA) is 67.4 Å². The molecular formula is C18H17ClN2O3. The minimum absolute atomic E-state index is 0.0350. The van der Waals surface area contributed by atoms with Crippen molar-refractivity contribution in [2.24, 2.45) is 0 Å². The molecule has 0 spiro atoms. The summed E-state index contributed by atoms with van der Waals surface area (Å²) in [4.78, 5) is 24.2. The van der Waals surface area contributed by atoms with Crippen LogP contribution in [0.25, 0.3) is 0 Å². The molecule has 0 aromatic heterocycles.